The van der Waals surface area contributed by atoms with Crippen LogP contribution in [0.4, 0.5) is 0 Å². The minimum atomic E-state index is -0.00108. The smallest absolute Gasteiger partial charge is 0.161 e. The first-order valence-electron chi connectivity index (χ1n) is 10.0. The fourth-order valence-corrected chi connectivity index (χ4v) is 3.74. The summed E-state index contributed by atoms with van der Waals surface area (Å²) in [4.78, 5) is 2.16. The zero-order chi connectivity index (χ0) is 20.8. The fraction of sp³-hybridized carbons (Fsp3) is 0.478. The summed E-state index contributed by atoms with van der Waals surface area (Å²) in [7, 11) is 9.20. The minimum absolute atomic E-state index is 0.00108. The summed E-state index contributed by atoms with van der Waals surface area (Å²) in [5.41, 5.74) is 3.50. The Labute approximate surface area is 173 Å². The SMILES string of the molecule is COc1ccc(OC)c(C2NCCc3cc(OC)c(OCCCN(C)C)cc32)c1. The first-order chi connectivity index (χ1) is 14.1. The molecule has 1 aliphatic heterocycles. The van der Waals surface area contributed by atoms with Crippen molar-refractivity contribution in [3.05, 3.63) is 47.0 Å². The summed E-state index contributed by atoms with van der Waals surface area (Å²) in [5, 5.41) is 3.63. The molecule has 6 nitrogen and oxygen atoms in total. The number of methoxy groups -OCH3 is 3. The first-order valence-corrected chi connectivity index (χ1v) is 10.0. The number of rotatable bonds is 9. The minimum Gasteiger partial charge on any atom is -0.497 e. The maximum atomic E-state index is 6.09. The average molecular weight is 401 g/mol. The lowest BCUT2D eigenvalue weighted by atomic mass is 9.88. The highest BCUT2D eigenvalue weighted by molar-refractivity contribution is 5.54. The van der Waals surface area contributed by atoms with Gasteiger partial charge in [-0.05, 0) is 68.4 Å². The topological polar surface area (TPSA) is 52.2 Å². The Morgan fingerprint density at radius 1 is 0.931 bits per heavy atom. The summed E-state index contributed by atoms with van der Waals surface area (Å²) in [6, 6.07) is 10.1. The van der Waals surface area contributed by atoms with Gasteiger partial charge in [0.1, 0.15) is 11.5 Å². The Morgan fingerprint density at radius 3 is 2.41 bits per heavy atom. The van der Waals surface area contributed by atoms with E-state index in [1.165, 1.54) is 11.1 Å². The van der Waals surface area contributed by atoms with Gasteiger partial charge in [-0.1, -0.05) is 0 Å². The van der Waals surface area contributed by atoms with Crippen LogP contribution in [-0.4, -0.2) is 60.0 Å². The molecule has 1 unspecified atom stereocenters. The van der Waals surface area contributed by atoms with Gasteiger partial charge in [0.05, 0.1) is 34.0 Å². The Balaban J connectivity index is 1.94. The Bertz CT molecular complexity index is 823. The monoisotopic (exact) mass is 400 g/mol. The average Bonchev–Trinajstić information content (AvgIpc) is 2.75. The predicted octanol–water partition coefficient (Wildman–Crippen LogP) is 3.28. The van der Waals surface area contributed by atoms with E-state index in [1.54, 1.807) is 21.3 Å². The fourth-order valence-electron chi connectivity index (χ4n) is 3.74. The molecule has 2 aromatic rings. The van der Waals surface area contributed by atoms with Gasteiger partial charge >= 0.3 is 0 Å². The quantitative estimate of drug-likeness (QED) is 0.652. The molecule has 158 valence electrons. The Hall–Kier alpha value is -2.44. The lowest BCUT2D eigenvalue weighted by Crippen LogP contribution is -2.31. The van der Waals surface area contributed by atoms with Crippen molar-refractivity contribution in [3.8, 4) is 23.0 Å². The van der Waals surface area contributed by atoms with E-state index in [1.807, 2.05) is 18.2 Å². The second-order valence-electron chi connectivity index (χ2n) is 7.45. The van der Waals surface area contributed by atoms with Crippen LogP contribution in [0.25, 0.3) is 0 Å². The molecule has 0 radical (unpaired) electrons. The highest BCUT2D eigenvalue weighted by Gasteiger charge is 2.26. The molecular formula is C23H32N2O4. The van der Waals surface area contributed by atoms with Gasteiger partial charge in [-0.3, -0.25) is 0 Å². The van der Waals surface area contributed by atoms with Crippen LogP contribution in [0.15, 0.2) is 30.3 Å². The molecule has 1 N–H and O–H groups in total. The van der Waals surface area contributed by atoms with Gasteiger partial charge in [-0.2, -0.15) is 0 Å². The summed E-state index contributed by atoms with van der Waals surface area (Å²) < 4.78 is 22.8. The first kappa shape index (κ1) is 21.3. The third-order valence-corrected chi connectivity index (χ3v) is 5.23. The number of nitrogens with one attached hydrogen (secondary N) is 1. The molecule has 6 heteroatoms. The highest BCUT2D eigenvalue weighted by atomic mass is 16.5. The van der Waals surface area contributed by atoms with Crippen molar-refractivity contribution >= 4 is 0 Å². The van der Waals surface area contributed by atoms with Crippen molar-refractivity contribution in [1.29, 1.82) is 0 Å². The lowest BCUT2D eigenvalue weighted by molar-refractivity contribution is 0.267. The van der Waals surface area contributed by atoms with E-state index in [0.717, 1.165) is 54.5 Å². The van der Waals surface area contributed by atoms with Gasteiger partial charge in [0, 0.05) is 18.7 Å². The third kappa shape index (κ3) is 4.95. The van der Waals surface area contributed by atoms with Crippen LogP contribution in [-0.2, 0) is 6.42 Å². The predicted molar refractivity (Wildman–Crippen MR) is 115 cm³/mol. The zero-order valence-corrected chi connectivity index (χ0v) is 18.1. The molecule has 29 heavy (non-hydrogen) atoms. The number of hydrogen-bond acceptors (Lipinski definition) is 6. The van der Waals surface area contributed by atoms with Crippen molar-refractivity contribution < 1.29 is 18.9 Å². The second-order valence-corrected chi connectivity index (χ2v) is 7.45. The van der Waals surface area contributed by atoms with E-state index in [4.69, 9.17) is 18.9 Å². The summed E-state index contributed by atoms with van der Waals surface area (Å²) in [6.07, 6.45) is 1.90. The molecule has 0 saturated heterocycles. The van der Waals surface area contributed by atoms with Crippen LogP contribution in [0.1, 0.15) is 29.2 Å². The third-order valence-electron chi connectivity index (χ3n) is 5.23. The molecule has 2 aromatic carbocycles. The number of fused-ring (bicyclic) bond motifs is 1. The van der Waals surface area contributed by atoms with Crippen molar-refractivity contribution in [2.75, 3.05) is 55.1 Å². The molecule has 0 aliphatic carbocycles. The maximum absolute atomic E-state index is 6.09. The highest BCUT2D eigenvalue weighted by Crippen LogP contribution is 2.40. The van der Waals surface area contributed by atoms with E-state index in [2.05, 4.69) is 36.4 Å². The van der Waals surface area contributed by atoms with Gasteiger partial charge in [0.2, 0.25) is 0 Å². The Kier molecular flexibility index (Phi) is 7.23. The zero-order valence-electron chi connectivity index (χ0n) is 18.1. The van der Waals surface area contributed by atoms with E-state index in [9.17, 15) is 0 Å². The van der Waals surface area contributed by atoms with Crippen molar-refractivity contribution in [3.63, 3.8) is 0 Å². The van der Waals surface area contributed by atoms with E-state index in [-0.39, 0.29) is 6.04 Å². The largest absolute Gasteiger partial charge is 0.497 e. The maximum Gasteiger partial charge on any atom is 0.161 e. The molecule has 0 spiro atoms. The molecule has 0 amide bonds. The van der Waals surface area contributed by atoms with Gasteiger partial charge in [-0.15, -0.1) is 0 Å². The summed E-state index contributed by atoms with van der Waals surface area (Å²) >= 11 is 0. The molecule has 0 bridgehead atoms. The van der Waals surface area contributed by atoms with Gasteiger partial charge < -0.3 is 29.2 Å². The van der Waals surface area contributed by atoms with E-state index in [0.29, 0.717) is 6.61 Å². The van der Waals surface area contributed by atoms with Crippen molar-refractivity contribution in [1.82, 2.24) is 10.2 Å². The number of benzene rings is 2. The summed E-state index contributed by atoms with van der Waals surface area (Å²) in [5.74, 6) is 3.20. The number of nitrogens with zero attached hydrogens (tertiary/aromatic N) is 1. The standard InChI is InChI=1S/C23H32N2O4/c1-25(2)11-6-12-29-22-15-18-16(13-21(22)28-5)9-10-24-23(18)19-14-17(26-3)7-8-20(19)27-4/h7-8,13-15,23-24H,6,9-12H2,1-5H3. The van der Waals surface area contributed by atoms with E-state index < -0.39 is 0 Å². The summed E-state index contributed by atoms with van der Waals surface area (Å²) in [6.45, 7) is 2.51. The molecule has 3 rings (SSSR count). The molecule has 1 atom stereocenters. The van der Waals surface area contributed by atoms with Crippen LogP contribution >= 0.6 is 0 Å². The molecule has 1 heterocycles. The van der Waals surface area contributed by atoms with E-state index >= 15 is 0 Å². The Morgan fingerprint density at radius 2 is 1.72 bits per heavy atom. The van der Waals surface area contributed by atoms with Crippen molar-refractivity contribution in [2.24, 2.45) is 0 Å². The van der Waals surface area contributed by atoms with Crippen LogP contribution in [0.3, 0.4) is 0 Å². The molecule has 1 aliphatic rings. The van der Waals surface area contributed by atoms with Gasteiger partial charge in [0.25, 0.3) is 0 Å². The number of ether oxygens (including phenoxy) is 4. The molecule has 0 aromatic heterocycles. The van der Waals surface area contributed by atoms with Crippen LogP contribution < -0.4 is 24.3 Å². The molecule has 0 fully saturated rings. The normalized spacial score (nSPS) is 15.7. The van der Waals surface area contributed by atoms with Gasteiger partial charge in [0.15, 0.2) is 11.5 Å². The molecular weight excluding hydrogens is 368 g/mol. The second kappa shape index (κ2) is 9.85. The van der Waals surface area contributed by atoms with Crippen molar-refractivity contribution in [2.45, 2.75) is 18.9 Å². The van der Waals surface area contributed by atoms with Gasteiger partial charge in [-0.25, -0.2) is 0 Å². The van der Waals surface area contributed by atoms with Crippen LogP contribution in [0.2, 0.25) is 0 Å². The number of hydrogen-bond donors (Lipinski definition) is 1. The molecule has 0 saturated carbocycles. The lowest BCUT2D eigenvalue weighted by Gasteiger charge is -2.30. The van der Waals surface area contributed by atoms with Crippen LogP contribution in [0.5, 0.6) is 23.0 Å². The van der Waals surface area contributed by atoms with Crippen LogP contribution in [0, 0.1) is 0 Å².